The topological polar surface area (TPSA) is 338 Å². The first-order chi connectivity index (χ1) is 25.8. The molecule has 0 heterocycles. The Morgan fingerprint density at radius 3 is 1.38 bits per heavy atom. The van der Waals surface area contributed by atoms with E-state index >= 15 is 0 Å². The van der Waals surface area contributed by atoms with Gasteiger partial charge in [-0.05, 0) is 72.1 Å². The molecule has 0 spiro atoms. The van der Waals surface area contributed by atoms with Crippen molar-refractivity contribution in [3.05, 3.63) is 107 Å². The maximum atomic E-state index is 12.2. The fraction of sp³-hybridized carbons (Fsp3) is 0.0303. The van der Waals surface area contributed by atoms with Crippen molar-refractivity contribution in [1.29, 1.82) is 0 Å². The highest BCUT2D eigenvalue weighted by molar-refractivity contribution is 7.86. The Bertz CT molecular complexity index is 2700. The van der Waals surface area contributed by atoms with Crippen molar-refractivity contribution in [1.82, 2.24) is 0 Å². The van der Waals surface area contributed by atoms with Gasteiger partial charge in [0.15, 0.2) is 0 Å². The second-order valence-corrected chi connectivity index (χ2v) is 14.0. The van der Waals surface area contributed by atoms with Gasteiger partial charge in [-0.25, -0.2) is 9.59 Å². The predicted molar refractivity (Wildman–Crippen MR) is 188 cm³/mol. The van der Waals surface area contributed by atoms with E-state index in [0.29, 0.717) is 17.2 Å². The van der Waals surface area contributed by atoms with Gasteiger partial charge >= 0.3 is 11.9 Å². The summed E-state index contributed by atoms with van der Waals surface area (Å²) in [5.41, 5.74) is -1.41. The highest BCUT2D eigenvalue weighted by Gasteiger charge is 2.21. The molecule has 0 bridgehead atoms. The van der Waals surface area contributed by atoms with E-state index in [4.69, 9.17) is 0 Å². The van der Waals surface area contributed by atoms with Crippen LogP contribution in [0.2, 0.25) is 0 Å². The molecule has 0 fully saturated rings. The summed E-state index contributed by atoms with van der Waals surface area (Å²) < 4.78 is 65.3. The van der Waals surface area contributed by atoms with Crippen molar-refractivity contribution < 1.29 is 66.2 Å². The number of aromatic carboxylic acids is 2. The highest BCUT2D eigenvalue weighted by Crippen LogP contribution is 2.41. The number of carbonyl (C=O) groups is 2. The standard InChI is InChI=1S/C33H24N6O14S2/c40-18-3-7-24(28(41)12-18)36-34-22-5-1-16(10-20(22)32(44)45)9-17-2-6-23(21(11-17)33(46)47)35-38-26-14-27(30(43)15-29(26)42)39-37-25-8-4-19(54(48,49)50)13-31(25)55(51,52)53/h1-8,10-15,40-43H,9H2,(H,44,45)(H,46,47)(H,48,49,50)(H,51,52,53). The molecule has 0 aliphatic rings. The van der Waals surface area contributed by atoms with Gasteiger partial charge in [0.2, 0.25) is 0 Å². The lowest BCUT2D eigenvalue weighted by molar-refractivity contribution is 0.0687. The fourth-order valence-electron chi connectivity index (χ4n) is 4.72. The number of benzene rings is 5. The van der Waals surface area contributed by atoms with E-state index in [-0.39, 0.29) is 51.8 Å². The molecule has 0 aromatic heterocycles. The Kier molecular flexibility index (Phi) is 11.0. The molecule has 5 aromatic carbocycles. The van der Waals surface area contributed by atoms with E-state index < -0.39 is 64.8 Å². The molecule has 0 amide bonds. The van der Waals surface area contributed by atoms with Crippen molar-refractivity contribution >= 4 is 66.3 Å². The van der Waals surface area contributed by atoms with E-state index in [1.165, 1.54) is 48.5 Å². The Balaban J connectivity index is 1.40. The van der Waals surface area contributed by atoms with Gasteiger partial charge in [0.05, 0.1) is 16.0 Å². The van der Waals surface area contributed by atoms with Crippen LogP contribution in [-0.2, 0) is 26.7 Å². The molecule has 20 nitrogen and oxygen atoms in total. The molecule has 0 unspecified atom stereocenters. The Labute approximate surface area is 308 Å². The maximum absolute atomic E-state index is 12.2. The first-order valence-electron chi connectivity index (χ1n) is 14.9. The van der Waals surface area contributed by atoms with Crippen molar-refractivity contribution in [2.75, 3.05) is 0 Å². The summed E-state index contributed by atoms with van der Waals surface area (Å²) in [6, 6.07) is 15.5. The second-order valence-electron chi connectivity index (χ2n) is 11.2. The predicted octanol–water partition coefficient (Wildman–Crippen LogP) is 7.24. The number of phenolic OH excluding ortho intramolecular Hbond substituents is 4. The first-order valence-corrected chi connectivity index (χ1v) is 17.8. The molecule has 5 rings (SSSR count). The molecule has 0 radical (unpaired) electrons. The second kappa shape index (κ2) is 15.5. The van der Waals surface area contributed by atoms with Gasteiger partial charge in [-0.15, -0.1) is 30.7 Å². The number of hydrogen-bond acceptors (Lipinski definition) is 16. The minimum absolute atomic E-state index is 0.0238. The smallest absolute Gasteiger partial charge is 0.337 e. The van der Waals surface area contributed by atoms with E-state index in [0.717, 1.165) is 30.3 Å². The number of carboxylic acids is 2. The van der Waals surface area contributed by atoms with Crippen molar-refractivity contribution in [3.63, 3.8) is 0 Å². The quantitative estimate of drug-likeness (QED) is 0.0456. The minimum Gasteiger partial charge on any atom is -0.508 e. The first kappa shape index (κ1) is 39.1. The van der Waals surface area contributed by atoms with Gasteiger partial charge in [0.25, 0.3) is 20.2 Å². The van der Waals surface area contributed by atoms with Gasteiger partial charge in [-0.2, -0.15) is 16.8 Å². The van der Waals surface area contributed by atoms with Crippen LogP contribution >= 0.6 is 0 Å². The molecule has 0 atom stereocenters. The summed E-state index contributed by atoms with van der Waals surface area (Å²) >= 11 is 0. The molecule has 22 heteroatoms. The molecule has 0 aliphatic heterocycles. The summed E-state index contributed by atoms with van der Waals surface area (Å²) in [5, 5.41) is 82.4. The number of rotatable bonds is 12. The zero-order chi connectivity index (χ0) is 40.2. The lowest BCUT2D eigenvalue weighted by Gasteiger charge is -2.08. The van der Waals surface area contributed by atoms with Crippen molar-refractivity contribution in [2.24, 2.45) is 30.7 Å². The van der Waals surface area contributed by atoms with Crippen LogP contribution in [0.1, 0.15) is 31.8 Å². The SMILES string of the molecule is O=C(O)c1cc(Cc2ccc(N=Nc3cc(N=Nc4ccc(S(=O)(=O)O)cc4S(=O)(=O)O)c(O)cc3O)c(C(=O)O)c2)ccc1N=Nc1ccc(O)cc1O. The average Bonchev–Trinajstić information content (AvgIpc) is 3.10. The largest absolute Gasteiger partial charge is 0.508 e. The number of aromatic hydroxyl groups is 4. The van der Waals surface area contributed by atoms with Crippen LogP contribution in [0.25, 0.3) is 0 Å². The highest BCUT2D eigenvalue weighted by atomic mass is 32.2. The summed E-state index contributed by atoms with van der Waals surface area (Å²) in [6.07, 6.45) is 0.0547. The van der Waals surface area contributed by atoms with E-state index in [1.54, 1.807) is 0 Å². The van der Waals surface area contributed by atoms with Gasteiger partial charge in [-0.1, -0.05) is 12.1 Å². The third-order valence-electron chi connectivity index (χ3n) is 7.33. The molecular formula is C33H24N6O14S2. The van der Waals surface area contributed by atoms with Gasteiger partial charge < -0.3 is 30.6 Å². The molecule has 0 saturated heterocycles. The Morgan fingerprint density at radius 1 is 0.473 bits per heavy atom. The third-order valence-corrected chi connectivity index (χ3v) is 9.06. The Hall–Kier alpha value is -7.14. The molecule has 282 valence electrons. The van der Waals surface area contributed by atoms with Crippen LogP contribution in [-0.4, -0.2) is 68.5 Å². The van der Waals surface area contributed by atoms with Crippen LogP contribution in [0.5, 0.6) is 23.0 Å². The molecular weight excluding hydrogens is 769 g/mol. The van der Waals surface area contributed by atoms with Crippen LogP contribution in [0.15, 0.2) is 125 Å². The summed E-state index contributed by atoms with van der Waals surface area (Å²) in [7, 11) is -9.96. The van der Waals surface area contributed by atoms with Gasteiger partial charge in [0.1, 0.15) is 62.0 Å². The lowest BCUT2D eigenvalue weighted by atomic mass is 9.99. The minimum atomic E-state index is -5.09. The van der Waals surface area contributed by atoms with Crippen LogP contribution < -0.4 is 0 Å². The van der Waals surface area contributed by atoms with Crippen LogP contribution in [0.3, 0.4) is 0 Å². The normalized spacial score (nSPS) is 12.2. The number of phenols is 4. The fourth-order valence-corrected chi connectivity index (χ4v) is 5.95. The zero-order valence-electron chi connectivity index (χ0n) is 27.3. The number of carboxylic acid groups (broad SMARTS) is 2. The van der Waals surface area contributed by atoms with E-state index in [9.17, 15) is 66.2 Å². The summed E-state index contributed by atoms with van der Waals surface area (Å²) in [4.78, 5) is 22.2. The lowest BCUT2D eigenvalue weighted by Crippen LogP contribution is -2.03. The maximum Gasteiger partial charge on any atom is 0.337 e. The number of hydrogen-bond donors (Lipinski definition) is 8. The van der Waals surface area contributed by atoms with Crippen molar-refractivity contribution in [3.8, 4) is 23.0 Å². The van der Waals surface area contributed by atoms with Crippen LogP contribution in [0, 0.1) is 0 Å². The van der Waals surface area contributed by atoms with E-state index in [2.05, 4.69) is 30.7 Å². The Morgan fingerprint density at radius 2 is 0.909 bits per heavy atom. The number of nitrogens with zero attached hydrogens (tertiary/aromatic N) is 6. The zero-order valence-corrected chi connectivity index (χ0v) is 28.9. The van der Waals surface area contributed by atoms with Gasteiger partial charge in [0, 0.05) is 18.2 Å². The van der Waals surface area contributed by atoms with E-state index in [1.807, 2.05) is 0 Å². The molecule has 8 N–H and O–H groups in total. The van der Waals surface area contributed by atoms with Crippen LogP contribution in [0.4, 0.5) is 34.1 Å². The third kappa shape index (κ3) is 9.46. The molecule has 0 saturated carbocycles. The average molecular weight is 793 g/mol. The van der Waals surface area contributed by atoms with Crippen molar-refractivity contribution in [2.45, 2.75) is 16.2 Å². The molecule has 55 heavy (non-hydrogen) atoms. The monoisotopic (exact) mass is 792 g/mol. The van der Waals surface area contributed by atoms with Gasteiger partial charge in [-0.3, -0.25) is 9.11 Å². The summed E-state index contributed by atoms with van der Waals surface area (Å²) in [6.45, 7) is 0. The molecule has 5 aromatic rings. The molecule has 0 aliphatic carbocycles. The summed E-state index contributed by atoms with van der Waals surface area (Å²) in [5.74, 6) is -4.70. The number of azo groups is 3.